The summed E-state index contributed by atoms with van der Waals surface area (Å²) in [6, 6.07) is 0.00565. The van der Waals surface area contributed by atoms with Gasteiger partial charge in [0, 0.05) is 13.0 Å². The van der Waals surface area contributed by atoms with Crippen molar-refractivity contribution in [3.05, 3.63) is 0 Å². The van der Waals surface area contributed by atoms with E-state index in [2.05, 4.69) is 5.32 Å². The molecule has 4 heteroatoms. The third-order valence-corrected chi connectivity index (χ3v) is 2.94. The van der Waals surface area contributed by atoms with Gasteiger partial charge in [-0.15, -0.1) is 0 Å². The minimum Gasteiger partial charge on any atom is -0.481 e. The van der Waals surface area contributed by atoms with E-state index in [1.54, 1.807) is 0 Å². The molecule has 0 bridgehead atoms. The predicted octanol–water partition coefficient (Wildman–Crippen LogP) is 0.622. The van der Waals surface area contributed by atoms with E-state index in [0.717, 1.165) is 0 Å². The van der Waals surface area contributed by atoms with Crippen LogP contribution in [0.2, 0.25) is 0 Å². The average molecular weight is 185 g/mol. The molecule has 0 unspecified atom stereocenters. The molecule has 1 aliphatic carbocycles. The molecule has 1 aliphatic rings. The maximum atomic E-state index is 10.8. The summed E-state index contributed by atoms with van der Waals surface area (Å²) in [6.07, 6.45) is 0.544. The molecule has 0 radical (unpaired) electrons. The number of rotatable bonds is 2. The van der Waals surface area contributed by atoms with E-state index in [0.29, 0.717) is 6.42 Å². The zero-order valence-electron chi connectivity index (χ0n) is 8.13. The van der Waals surface area contributed by atoms with Gasteiger partial charge < -0.3 is 10.4 Å². The van der Waals surface area contributed by atoms with Crippen LogP contribution in [0.3, 0.4) is 0 Å². The van der Waals surface area contributed by atoms with Gasteiger partial charge in [0.1, 0.15) is 0 Å². The minimum absolute atomic E-state index is 0.00565. The van der Waals surface area contributed by atoms with Gasteiger partial charge >= 0.3 is 5.97 Å². The highest BCUT2D eigenvalue weighted by Crippen LogP contribution is 2.46. The fourth-order valence-corrected chi connectivity index (χ4v) is 1.83. The van der Waals surface area contributed by atoms with E-state index >= 15 is 0 Å². The lowest BCUT2D eigenvalue weighted by molar-refractivity contribution is -0.156. The van der Waals surface area contributed by atoms with Crippen LogP contribution in [0, 0.1) is 11.3 Å². The number of nitrogens with one attached hydrogen (secondary N) is 1. The zero-order valence-corrected chi connectivity index (χ0v) is 8.13. The van der Waals surface area contributed by atoms with Gasteiger partial charge in [-0.25, -0.2) is 0 Å². The second-order valence-electron chi connectivity index (χ2n) is 4.20. The van der Waals surface area contributed by atoms with Crippen LogP contribution in [0.5, 0.6) is 0 Å². The lowest BCUT2D eigenvalue weighted by Gasteiger charge is -2.49. The molecule has 4 nitrogen and oxygen atoms in total. The molecule has 74 valence electrons. The molecule has 0 aromatic rings. The lowest BCUT2D eigenvalue weighted by Crippen LogP contribution is -2.60. The van der Waals surface area contributed by atoms with Crippen LogP contribution in [0.15, 0.2) is 0 Å². The van der Waals surface area contributed by atoms with Crippen molar-refractivity contribution in [3.8, 4) is 0 Å². The normalized spacial score (nSPS) is 30.4. The van der Waals surface area contributed by atoms with E-state index in [9.17, 15) is 9.59 Å². The van der Waals surface area contributed by atoms with Gasteiger partial charge in [-0.1, -0.05) is 13.8 Å². The highest BCUT2D eigenvalue weighted by molar-refractivity contribution is 5.76. The number of carboxylic acids is 1. The van der Waals surface area contributed by atoms with Crippen LogP contribution < -0.4 is 5.32 Å². The van der Waals surface area contributed by atoms with Crippen LogP contribution in [-0.2, 0) is 9.59 Å². The summed E-state index contributed by atoms with van der Waals surface area (Å²) in [5.74, 6) is -1.20. The third-order valence-electron chi connectivity index (χ3n) is 2.94. The summed E-state index contributed by atoms with van der Waals surface area (Å²) in [7, 11) is 0. The van der Waals surface area contributed by atoms with Crippen molar-refractivity contribution in [1.82, 2.24) is 5.32 Å². The quantitative estimate of drug-likeness (QED) is 0.662. The van der Waals surface area contributed by atoms with E-state index in [1.165, 1.54) is 6.92 Å². The number of amides is 1. The van der Waals surface area contributed by atoms with Gasteiger partial charge in [0.15, 0.2) is 0 Å². The number of carboxylic acid groups (broad SMARTS) is 1. The van der Waals surface area contributed by atoms with Crippen LogP contribution in [0.4, 0.5) is 0 Å². The van der Waals surface area contributed by atoms with Gasteiger partial charge in [0.05, 0.1) is 5.92 Å². The second-order valence-corrected chi connectivity index (χ2v) is 4.20. The molecule has 0 aromatic heterocycles. The smallest absolute Gasteiger partial charge is 0.307 e. The van der Waals surface area contributed by atoms with Gasteiger partial charge in [0.2, 0.25) is 5.91 Å². The number of carbonyl (C=O) groups is 2. The molecule has 0 aromatic carbocycles. The van der Waals surface area contributed by atoms with Crippen LogP contribution in [0.25, 0.3) is 0 Å². The highest BCUT2D eigenvalue weighted by Gasteiger charge is 2.52. The Balaban J connectivity index is 2.59. The minimum atomic E-state index is -0.772. The molecule has 0 saturated heterocycles. The molecule has 1 fully saturated rings. The number of aliphatic carboxylic acids is 1. The Labute approximate surface area is 77.3 Å². The topological polar surface area (TPSA) is 66.4 Å². The summed E-state index contributed by atoms with van der Waals surface area (Å²) in [6.45, 7) is 5.19. The molecular formula is C9H15NO3. The van der Waals surface area contributed by atoms with Crippen molar-refractivity contribution in [3.63, 3.8) is 0 Å². The Hall–Kier alpha value is -1.06. The Bertz CT molecular complexity index is 247. The zero-order chi connectivity index (χ0) is 10.2. The molecular weight excluding hydrogens is 170 g/mol. The van der Waals surface area contributed by atoms with E-state index in [-0.39, 0.29) is 23.3 Å². The Morgan fingerprint density at radius 1 is 1.46 bits per heavy atom. The van der Waals surface area contributed by atoms with E-state index in [1.807, 2.05) is 13.8 Å². The molecule has 1 rings (SSSR count). The van der Waals surface area contributed by atoms with Crippen LogP contribution in [0.1, 0.15) is 27.2 Å². The number of carbonyl (C=O) groups excluding carboxylic acids is 1. The fraction of sp³-hybridized carbons (Fsp3) is 0.778. The Morgan fingerprint density at radius 2 is 2.00 bits per heavy atom. The third kappa shape index (κ3) is 1.66. The second kappa shape index (κ2) is 3.01. The van der Waals surface area contributed by atoms with Crippen LogP contribution in [-0.4, -0.2) is 23.0 Å². The first-order chi connectivity index (χ1) is 5.85. The van der Waals surface area contributed by atoms with Crippen molar-refractivity contribution in [1.29, 1.82) is 0 Å². The molecule has 0 heterocycles. The summed E-state index contributed by atoms with van der Waals surface area (Å²) in [5, 5.41) is 11.6. The summed E-state index contributed by atoms with van der Waals surface area (Å²) in [4.78, 5) is 21.5. The Kier molecular flexibility index (Phi) is 2.32. The van der Waals surface area contributed by atoms with Crippen molar-refractivity contribution in [2.75, 3.05) is 0 Å². The first-order valence-corrected chi connectivity index (χ1v) is 4.35. The van der Waals surface area contributed by atoms with E-state index in [4.69, 9.17) is 5.11 Å². The van der Waals surface area contributed by atoms with Gasteiger partial charge in [-0.05, 0) is 11.8 Å². The highest BCUT2D eigenvalue weighted by atomic mass is 16.4. The monoisotopic (exact) mass is 185 g/mol. The molecule has 2 N–H and O–H groups in total. The first kappa shape index (κ1) is 10.0. The molecule has 0 spiro atoms. The number of hydrogen-bond acceptors (Lipinski definition) is 2. The summed E-state index contributed by atoms with van der Waals surface area (Å²) < 4.78 is 0. The van der Waals surface area contributed by atoms with Crippen molar-refractivity contribution < 1.29 is 14.7 Å². The molecule has 1 saturated carbocycles. The van der Waals surface area contributed by atoms with Crippen molar-refractivity contribution >= 4 is 11.9 Å². The SMILES string of the molecule is CC(=O)N[C@H]1C[C@@H](C(=O)O)C1(C)C. The van der Waals surface area contributed by atoms with E-state index < -0.39 is 5.97 Å². The fourth-order valence-electron chi connectivity index (χ4n) is 1.83. The largest absolute Gasteiger partial charge is 0.481 e. The molecule has 13 heavy (non-hydrogen) atoms. The van der Waals surface area contributed by atoms with Crippen molar-refractivity contribution in [2.24, 2.45) is 11.3 Å². The van der Waals surface area contributed by atoms with Crippen molar-refractivity contribution in [2.45, 2.75) is 33.2 Å². The average Bonchev–Trinajstić information content (AvgIpc) is 1.96. The predicted molar refractivity (Wildman–Crippen MR) is 47.1 cm³/mol. The molecule has 2 atom stereocenters. The molecule has 1 amide bonds. The molecule has 0 aliphatic heterocycles. The van der Waals surface area contributed by atoms with Gasteiger partial charge in [0.25, 0.3) is 0 Å². The van der Waals surface area contributed by atoms with Gasteiger partial charge in [-0.3, -0.25) is 9.59 Å². The maximum Gasteiger partial charge on any atom is 0.307 e. The number of hydrogen-bond donors (Lipinski definition) is 2. The first-order valence-electron chi connectivity index (χ1n) is 4.35. The van der Waals surface area contributed by atoms with Gasteiger partial charge in [-0.2, -0.15) is 0 Å². The standard InChI is InChI=1S/C9H15NO3/c1-5(11)10-7-4-6(8(12)13)9(7,2)3/h6-7H,4H2,1-3H3,(H,10,11)(H,12,13)/t6-,7-/m0/s1. The summed E-state index contributed by atoms with van der Waals surface area (Å²) in [5.41, 5.74) is -0.322. The lowest BCUT2D eigenvalue weighted by atomic mass is 9.58. The maximum absolute atomic E-state index is 10.8. The summed E-state index contributed by atoms with van der Waals surface area (Å²) >= 11 is 0. The van der Waals surface area contributed by atoms with Crippen LogP contribution >= 0.6 is 0 Å². The Morgan fingerprint density at radius 3 is 2.31 bits per heavy atom.